The van der Waals surface area contributed by atoms with Crippen LogP contribution in [0.25, 0.3) is 12.2 Å². The average molecular weight is 535 g/mol. The molecular weight excluding hydrogens is 491 g/mol. The Morgan fingerprint density at radius 3 is 1.67 bits per heavy atom. The Morgan fingerprint density at radius 2 is 1.17 bits per heavy atom. The monoisotopic (exact) mass is 534 g/mol. The van der Waals surface area contributed by atoms with Crippen LogP contribution < -0.4 is 0 Å². The molecule has 0 aromatic heterocycles. The molecule has 0 saturated carbocycles. The lowest BCUT2D eigenvalue weighted by atomic mass is 10.1. The number of hydrogen-bond acceptors (Lipinski definition) is 5. The number of sulfone groups is 1. The summed E-state index contributed by atoms with van der Waals surface area (Å²) in [5, 5.41) is 0. The summed E-state index contributed by atoms with van der Waals surface area (Å²) in [4.78, 5) is 0.389. The van der Waals surface area contributed by atoms with Gasteiger partial charge < -0.3 is 9.05 Å². The van der Waals surface area contributed by atoms with E-state index < -0.39 is 17.4 Å². The second-order valence-corrected chi connectivity index (χ2v) is 13.2. The highest BCUT2D eigenvalue weighted by atomic mass is 32.2. The third-order valence-corrected chi connectivity index (χ3v) is 9.85. The fourth-order valence-corrected chi connectivity index (χ4v) is 7.07. The van der Waals surface area contributed by atoms with E-state index in [1.165, 1.54) is 32.1 Å². The molecule has 7 heteroatoms. The number of hydrogen-bond donors (Lipinski definition) is 0. The van der Waals surface area contributed by atoms with Crippen molar-refractivity contribution in [3.8, 4) is 0 Å². The van der Waals surface area contributed by atoms with Crippen LogP contribution in [0, 0.1) is 0 Å². The fourth-order valence-electron chi connectivity index (χ4n) is 4.00. The number of benzene rings is 2. The normalized spacial score (nSPS) is 12.4. The molecule has 2 aromatic carbocycles. The first-order chi connectivity index (χ1) is 17.3. The summed E-state index contributed by atoms with van der Waals surface area (Å²) in [6, 6.07) is 14.8. The molecule has 5 nitrogen and oxygen atoms in total. The number of unbranched alkanes of at least 4 members (excludes halogenated alkanes) is 7. The Morgan fingerprint density at radius 1 is 0.694 bits per heavy atom. The lowest BCUT2D eigenvalue weighted by Gasteiger charge is -2.16. The van der Waals surface area contributed by atoms with Crippen molar-refractivity contribution >= 4 is 29.6 Å². The van der Waals surface area contributed by atoms with E-state index in [4.69, 9.17) is 9.05 Å². The van der Waals surface area contributed by atoms with Crippen molar-refractivity contribution < 1.29 is 22.0 Å². The van der Waals surface area contributed by atoms with E-state index in [0.29, 0.717) is 18.1 Å². The van der Waals surface area contributed by atoms with E-state index >= 15 is 0 Å². The topological polar surface area (TPSA) is 69.7 Å². The van der Waals surface area contributed by atoms with Gasteiger partial charge in [0.1, 0.15) is 0 Å². The average Bonchev–Trinajstić information content (AvgIpc) is 2.86. The molecule has 0 heterocycles. The van der Waals surface area contributed by atoms with Crippen LogP contribution in [0.1, 0.15) is 88.8 Å². The maximum absolute atomic E-state index is 12.7. The van der Waals surface area contributed by atoms with Crippen molar-refractivity contribution in [2.24, 2.45) is 0 Å². The fraction of sp³-hybridized carbons (Fsp3) is 0.517. The highest BCUT2D eigenvalue weighted by Gasteiger charge is 2.23. The molecule has 2 aromatic rings. The molecule has 0 atom stereocenters. The summed E-state index contributed by atoms with van der Waals surface area (Å²) < 4.78 is 48.8. The third-order valence-electron chi connectivity index (χ3n) is 5.98. The lowest BCUT2D eigenvalue weighted by Crippen LogP contribution is -2.06. The van der Waals surface area contributed by atoms with E-state index in [-0.39, 0.29) is 11.9 Å². The second-order valence-electron chi connectivity index (χ2n) is 9.04. The van der Waals surface area contributed by atoms with Gasteiger partial charge in [-0.2, -0.15) is 0 Å². The molecular formula is C29H43O5PS. The zero-order chi connectivity index (χ0) is 26.3. The van der Waals surface area contributed by atoms with Crippen LogP contribution >= 0.6 is 7.60 Å². The molecule has 36 heavy (non-hydrogen) atoms. The summed E-state index contributed by atoms with van der Waals surface area (Å²) >= 11 is 0. The Balaban J connectivity index is 1.86. The molecule has 0 amide bonds. The summed E-state index contributed by atoms with van der Waals surface area (Å²) in [6.07, 6.45) is 13.2. The van der Waals surface area contributed by atoms with Gasteiger partial charge in [-0.1, -0.05) is 100 Å². The molecule has 0 unspecified atom stereocenters. The smallest absolute Gasteiger partial charge is 0.309 e. The van der Waals surface area contributed by atoms with Crippen LogP contribution in [-0.4, -0.2) is 27.4 Å². The predicted octanol–water partition coefficient (Wildman–Crippen LogP) is 8.54. The molecule has 0 fully saturated rings. The van der Waals surface area contributed by atoms with E-state index in [1.54, 1.807) is 26.0 Å². The summed E-state index contributed by atoms with van der Waals surface area (Å²) in [7, 11) is -6.36. The van der Waals surface area contributed by atoms with Gasteiger partial charge in [0, 0.05) is 0 Å². The molecule has 0 bridgehead atoms. The van der Waals surface area contributed by atoms with Crippen LogP contribution in [0.15, 0.2) is 53.4 Å². The standard InChI is InChI=1S/C29H43O5PS/c1-4-7-8-9-10-11-12-13-24-36(31,32)29-22-20-27(21-23-29)15-14-26-16-18-28(19-17-26)25-35(30,33-5-2)34-6-3/h14-23H,4-13,24-25H2,1-3H3/b15-14+. The molecule has 0 spiro atoms. The van der Waals surface area contributed by atoms with Crippen LogP contribution in [0.5, 0.6) is 0 Å². The Bertz CT molecular complexity index is 1050. The molecule has 0 saturated heterocycles. The van der Waals surface area contributed by atoms with Crippen LogP contribution in [0.3, 0.4) is 0 Å². The Labute approximate surface area is 218 Å². The van der Waals surface area contributed by atoms with E-state index in [9.17, 15) is 13.0 Å². The maximum atomic E-state index is 12.7. The third kappa shape index (κ3) is 11.1. The minimum atomic E-state index is -3.24. The van der Waals surface area contributed by atoms with E-state index in [2.05, 4.69) is 6.92 Å². The minimum absolute atomic E-state index is 0.211. The van der Waals surface area contributed by atoms with Crippen LogP contribution in [0.4, 0.5) is 0 Å². The number of rotatable bonds is 18. The maximum Gasteiger partial charge on any atom is 0.335 e. The van der Waals surface area contributed by atoms with Crippen molar-refractivity contribution in [3.63, 3.8) is 0 Å². The quantitative estimate of drug-likeness (QED) is 0.109. The molecule has 0 radical (unpaired) electrons. The first kappa shape index (κ1) is 30.5. The van der Waals surface area contributed by atoms with Gasteiger partial charge in [0.05, 0.1) is 30.0 Å². The van der Waals surface area contributed by atoms with Crippen LogP contribution in [-0.2, 0) is 29.6 Å². The van der Waals surface area contributed by atoms with E-state index in [0.717, 1.165) is 36.0 Å². The van der Waals surface area contributed by atoms with Gasteiger partial charge in [0.15, 0.2) is 9.84 Å². The summed E-state index contributed by atoms with van der Waals surface area (Å²) in [6.45, 7) is 6.51. The predicted molar refractivity (Wildman–Crippen MR) is 151 cm³/mol. The van der Waals surface area contributed by atoms with Gasteiger partial charge in [-0.25, -0.2) is 8.42 Å². The summed E-state index contributed by atoms with van der Waals surface area (Å²) in [5.74, 6) is 0.211. The van der Waals surface area contributed by atoms with Crippen molar-refractivity contribution in [1.82, 2.24) is 0 Å². The lowest BCUT2D eigenvalue weighted by molar-refractivity contribution is 0.219. The largest absolute Gasteiger partial charge is 0.335 e. The van der Waals surface area contributed by atoms with Crippen LogP contribution in [0.2, 0.25) is 0 Å². The highest BCUT2D eigenvalue weighted by molar-refractivity contribution is 7.91. The SMILES string of the molecule is CCCCCCCCCCS(=O)(=O)c1ccc(/C=C/c2ccc(CP(=O)(OCC)OCC)cc2)cc1. The first-order valence-electron chi connectivity index (χ1n) is 13.3. The van der Waals surface area contributed by atoms with Crippen molar-refractivity contribution in [2.45, 2.75) is 83.2 Å². The zero-order valence-corrected chi connectivity index (χ0v) is 23.9. The van der Waals surface area contributed by atoms with Gasteiger partial charge in [-0.05, 0) is 49.1 Å². The van der Waals surface area contributed by atoms with Crippen molar-refractivity contribution in [1.29, 1.82) is 0 Å². The molecule has 200 valence electrons. The summed E-state index contributed by atoms with van der Waals surface area (Å²) in [5.41, 5.74) is 2.82. The molecule has 0 aliphatic heterocycles. The van der Waals surface area contributed by atoms with Crippen molar-refractivity contribution in [2.75, 3.05) is 19.0 Å². The van der Waals surface area contributed by atoms with Crippen molar-refractivity contribution in [3.05, 3.63) is 65.2 Å². The van der Waals surface area contributed by atoms with Gasteiger partial charge in [0.25, 0.3) is 0 Å². The molecule has 0 N–H and O–H groups in total. The van der Waals surface area contributed by atoms with E-state index in [1.807, 2.05) is 48.6 Å². The highest BCUT2D eigenvalue weighted by Crippen LogP contribution is 2.51. The molecule has 0 aliphatic carbocycles. The minimum Gasteiger partial charge on any atom is -0.309 e. The van der Waals surface area contributed by atoms with Gasteiger partial charge >= 0.3 is 7.60 Å². The van der Waals surface area contributed by atoms with Gasteiger partial charge in [-0.3, -0.25) is 4.57 Å². The Hall–Kier alpha value is -1.72. The van der Waals surface area contributed by atoms with Gasteiger partial charge in [-0.15, -0.1) is 0 Å². The second kappa shape index (κ2) is 16.2. The zero-order valence-electron chi connectivity index (χ0n) is 22.2. The molecule has 0 aliphatic rings. The first-order valence-corrected chi connectivity index (χ1v) is 16.7. The van der Waals surface area contributed by atoms with Gasteiger partial charge in [0.2, 0.25) is 0 Å². The Kier molecular flexibility index (Phi) is 13.7. The molecule has 2 rings (SSSR count).